The molecule has 2 unspecified atom stereocenters. The van der Waals surface area contributed by atoms with Gasteiger partial charge < -0.3 is 13.6 Å². The Kier molecular flexibility index (Phi) is 14.2. The molecule has 0 saturated carbocycles. The zero-order chi connectivity index (χ0) is 44.0. The van der Waals surface area contributed by atoms with Crippen molar-refractivity contribution < 1.29 is 38.0 Å². The van der Waals surface area contributed by atoms with Gasteiger partial charge in [-0.25, -0.2) is 4.39 Å². The van der Waals surface area contributed by atoms with Crippen molar-refractivity contribution in [3.05, 3.63) is 165 Å². The molecule has 3 nitrogen and oxygen atoms in total. The topological polar surface area (TPSA) is 20.9 Å². The number of pyridine rings is 2. The van der Waals surface area contributed by atoms with E-state index < -0.39 is 8.07 Å². The quantitative estimate of drug-likeness (QED) is 0.0844. The Labute approximate surface area is 380 Å². The number of hydrogen-bond acceptors (Lipinski definition) is 1. The standard InChI is InChI=1S/C30H27FNO.C25H38NSi.Ir/c1-18(2)20(4)22-15-16-32(5)27(17-22)28-19(3)9-14-26-25-8-6-7-24(29(25)33-30(26)28)21-10-12-23(31)13-11-21;1-17(2)19(4)22-15-23(26(8)16-24(22)27(9,10)11)21-14-20(25(5,6)7)13-12-18(21)3;/h6-18,20H,3,5H2,1-2,4H3;12-17,19H,3,8H2,1-2,4-7,9-11H3;/q2*-1;. The summed E-state index contributed by atoms with van der Waals surface area (Å²) in [5, 5.41) is 3.56. The van der Waals surface area contributed by atoms with Gasteiger partial charge in [0.25, 0.3) is 0 Å². The third-order valence-corrected chi connectivity index (χ3v) is 14.5. The zero-order valence-electron chi connectivity index (χ0n) is 38.5. The van der Waals surface area contributed by atoms with Crippen molar-refractivity contribution in [3.8, 4) is 33.6 Å². The molecule has 4 aromatic carbocycles. The molecule has 1 radical (unpaired) electrons. The zero-order valence-corrected chi connectivity index (χ0v) is 41.9. The van der Waals surface area contributed by atoms with Crippen LogP contribution in [0.2, 0.25) is 19.6 Å². The molecule has 6 heteroatoms. The maximum absolute atomic E-state index is 13.5. The average Bonchev–Trinajstić information content (AvgIpc) is 3.56. The molecule has 0 N–H and O–H groups in total. The van der Waals surface area contributed by atoms with E-state index in [1.807, 2.05) is 29.0 Å². The van der Waals surface area contributed by atoms with E-state index in [1.165, 1.54) is 39.6 Å². The first-order valence-electron chi connectivity index (χ1n) is 21.4. The molecule has 7 rings (SSSR count). The molecule has 0 aliphatic rings. The summed E-state index contributed by atoms with van der Waals surface area (Å²) in [7, 11) is 7.12. The second-order valence-electron chi connectivity index (χ2n) is 19.5. The number of nitrogens with zero attached hydrogens (tertiary/aromatic N) is 2. The maximum atomic E-state index is 13.5. The molecule has 0 amide bonds. The molecule has 0 saturated heterocycles. The minimum Gasteiger partial charge on any atom is -0.469 e. The summed E-state index contributed by atoms with van der Waals surface area (Å²) in [6.07, 6.45) is 4.30. The van der Waals surface area contributed by atoms with Crippen molar-refractivity contribution in [2.24, 2.45) is 11.8 Å². The van der Waals surface area contributed by atoms with Gasteiger partial charge in [-0.05, 0) is 52.0 Å². The molecule has 0 aliphatic carbocycles. The van der Waals surface area contributed by atoms with Gasteiger partial charge in [0.05, 0.1) is 37.4 Å². The minimum atomic E-state index is -1.47. The number of halogens is 1. The van der Waals surface area contributed by atoms with Crippen LogP contribution < -0.4 is 14.3 Å². The van der Waals surface area contributed by atoms with Crippen LogP contribution in [0.1, 0.15) is 102 Å². The molecule has 7 aromatic rings. The summed E-state index contributed by atoms with van der Waals surface area (Å²) in [4.78, 5) is 0. The molecule has 323 valence electrons. The fourth-order valence-electron chi connectivity index (χ4n) is 7.95. The Morgan fingerprint density at radius 1 is 0.656 bits per heavy atom. The second kappa shape index (κ2) is 18.3. The van der Waals surface area contributed by atoms with E-state index in [4.69, 9.17) is 4.42 Å². The number of para-hydroxylation sites is 1. The first-order chi connectivity index (χ1) is 28.1. The first kappa shape index (κ1) is 47.3. The number of fused-ring (bicyclic) bond motifs is 3. The fraction of sp³-hybridized carbons (Fsp3) is 0.309. The van der Waals surface area contributed by atoms with Gasteiger partial charge >= 0.3 is 0 Å². The van der Waals surface area contributed by atoms with Gasteiger partial charge in [-0.2, -0.15) is 37.1 Å². The van der Waals surface area contributed by atoms with E-state index in [9.17, 15) is 4.39 Å². The minimum absolute atomic E-state index is 0. The Morgan fingerprint density at radius 3 is 1.89 bits per heavy atom. The number of aromatic nitrogens is 2. The predicted octanol–water partition coefficient (Wildman–Crippen LogP) is 14.0. The maximum Gasteiger partial charge on any atom is 0.141 e. The van der Waals surface area contributed by atoms with Crippen LogP contribution in [0.15, 0.2) is 108 Å². The van der Waals surface area contributed by atoms with E-state index in [-0.39, 0.29) is 31.3 Å². The van der Waals surface area contributed by atoms with Crippen LogP contribution in [-0.4, -0.2) is 8.07 Å². The monoisotopic (exact) mass is 1010 g/mol. The summed E-state index contributed by atoms with van der Waals surface area (Å²) in [5.41, 5.74) is 13.8. The summed E-state index contributed by atoms with van der Waals surface area (Å²) in [6, 6.07) is 30.1. The predicted molar refractivity (Wildman–Crippen MR) is 255 cm³/mol. The van der Waals surface area contributed by atoms with E-state index in [2.05, 4.69) is 169 Å². The normalized spacial score (nSPS) is 13.0. The summed E-state index contributed by atoms with van der Waals surface area (Å²) < 4.78 is 24.0. The van der Waals surface area contributed by atoms with Crippen molar-refractivity contribution in [3.63, 3.8) is 0 Å². The van der Waals surface area contributed by atoms with Gasteiger partial charge in [0.2, 0.25) is 0 Å². The second-order valence-corrected chi connectivity index (χ2v) is 24.6. The molecule has 0 aliphatic heterocycles. The molecule has 61 heavy (non-hydrogen) atoms. The third kappa shape index (κ3) is 9.83. The van der Waals surface area contributed by atoms with Gasteiger partial charge in [0, 0.05) is 50.5 Å². The van der Waals surface area contributed by atoms with Crippen LogP contribution in [0.5, 0.6) is 0 Å². The molecule has 0 bridgehead atoms. The number of furan rings is 1. The fourth-order valence-corrected chi connectivity index (χ4v) is 9.66. The number of rotatable bonds is 8. The summed E-state index contributed by atoms with van der Waals surface area (Å²) in [6.45, 7) is 36.4. The third-order valence-electron chi connectivity index (χ3n) is 12.5. The molecule has 0 fully saturated rings. The molecule has 3 aromatic heterocycles. The molecule has 0 spiro atoms. The Bertz CT molecular complexity index is 2660. The first-order valence-corrected chi connectivity index (χ1v) is 24.9. The number of hydrogen-bond donors (Lipinski definition) is 0. The summed E-state index contributed by atoms with van der Waals surface area (Å²) >= 11 is 0. The van der Waals surface area contributed by atoms with E-state index in [1.54, 1.807) is 12.1 Å². The van der Waals surface area contributed by atoms with E-state index in [0.717, 1.165) is 61.1 Å². The van der Waals surface area contributed by atoms with Crippen LogP contribution in [-0.2, 0) is 25.5 Å². The SMILES string of the molecule is [CH2-]c1ccc(C(C)(C)C)cc1-c1cc(C(C)C(C)C)c([Si](C)(C)C)c[n+]1[CH2-].[CH2-]c1ccc2c(oc3c(-c4ccc(F)cc4)cccc32)c1-c1cc(C(C)C(C)C)cc[n+]1[CH2-].[Ir]. The van der Waals surface area contributed by atoms with Crippen LogP contribution in [0.25, 0.3) is 55.6 Å². The summed E-state index contributed by atoms with van der Waals surface area (Å²) in [5.74, 6) is 1.81. The van der Waals surface area contributed by atoms with Crippen LogP contribution in [0.3, 0.4) is 0 Å². The largest absolute Gasteiger partial charge is 0.469 e. The molecule has 2 atom stereocenters. The molecular weight excluding hydrogens is 944 g/mol. The molecular formula is C55H65FIrN2OSi-2. The number of benzene rings is 4. The van der Waals surface area contributed by atoms with Crippen molar-refractivity contribution in [2.75, 3.05) is 0 Å². The van der Waals surface area contributed by atoms with Gasteiger partial charge in [-0.3, -0.25) is 0 Å². The van der Waals surface area contributed by atoms with Gasteiger partial charge in [-0.1, -0.05) is 153 Å². The Hall–Kier alpha value is -4.74. The van der Waals surface area contributed by atoms with Crippen molar-refractivity contribution in [1.82, 2.24) is 0 Å². The van der Waals surface area contributed by atoms with Gasteiger partial charge in [-0.15, -0.1) is 23.8 Å². The van der Waals surface area contributed by atoms with Crippen molar-refractivity contribution >= 4 is 35.2 Å². The van der Waals surface area contributed by atoms with Crippen molar-refractivity contribution in [1.29, 1.82) is 0 Å². The van der Waals surface area contributed by atoms with Gasteiger partial charge in [0.15, 0.2) is 0 Å². The van der Waals surface area contributed by atoms with E-state index in [0.29, 0.717) is 23.7 Å². The smallest absolute Gasteiger partial charge is 0.141 e. The Morgan fingerprint density at radius 2 is 1.28 bits per heavy atom. The van der Waals surface area contributed by atoms with Crippen LogP contribution in [0, 0.1) is 45.6 Å². The van der Waals surface area contributed by atoms with Crippen LogP contribution in [0.4, 0.5) is 4.39 Å². The Balaban J connectivity index is 0.000000232. The molecule has 3 heterocycles. The van der Waals surface area contributed by atoms with E-state index >= 15 is 0 Å². The van der Waals surface area contributed by atoms with Crippen LogP contribution >= 0.6 is 0 Å². The average molecular weight is 1010 g/mol. The van der Waals surface area contributed by atoms with Crippen molar-refractivity contribution in [2.45, 2.75) is 99.2 Å². The van der Waals surface area contributed by atoms with Gasteiger partial charge in [0.1, 0.15) is 11.4 Å².